The molecule has 1 spiro atoms. The number of β-amino-alcohol motifs (C(OH)–C–C–N with tert-alkyl or cyclic N) is 1. The van der Waals surface area contributed by atoms with E-state index < -0.39 is 33.3 Å². The fourth-order valence-electron chi connectivity index (χ4n) is 6.27. The predicted octanol–water partition coefficient (Wildman–Crippen LogP) is 2.39. The molecule has 34 heavy (non-hydrogen) atoms. The Hall–Kier alpha value is -2.58. The number of aliphatic hydroxyl groups excluding tert-OH is 1. The third-order valence-electron chi connectivity index (χ3n) is 7.57. The van der Waals surface area contributed by atoms with Gasteiger partial charge >= 0.3 is 5.97 Å². The van der Waals surface area contributed by atoms with Crippen LogP contribution in [-0.2, 0) is 19.1 Å². The summed E-state index contributed by atoms with van der Waals surface area (Å²) in [6, 6.07) is 5.08. The largest absolute Gasteiger partial charge is 0.465 e. The first-order valence-corrected chi connectivity index (χ1v) is 12.6. The molecule has 1 N–H and O–H groups in total. The lowest BCUT2D eigenvalue weighted by Crippen LogP contribution is -2.54. The average molecular weight is 483 g/mol. The Morgan fingerprint density at radius 1 is 1.09 bits per heavy atom. The zero-order valence-corrected chi connectivity index (χ0v) is 20.5. The number of cyclic esters (lactones) is 1. The Balaban J connectivity index is 1.67. The number of fused-ring (bicyclic) bond motifs is 2. The van der Waals surface area contributed by atoms with Crippen molar-refractivity contribution in [2.75, 3.05) is 31.2 Å². The first kappa shape index (κ1) is 23.2. The number of aryl methyl sites for hydroxylation is 2. The molecule has 0 radical (unpaired) electrons. The second-order valence-corrected chi connectivity index (χ2v) is 11.5. The van der Waals surface area contributed by atoms with Crippen LogP contribution in [0.15, 0.2) is 42.5 Å². The molecule has 0 aliphatic carbocycles. The van der Waals surface area contributed by atoms with E-state index >= 15 is 0 Å². The van der Waals surface area contributed by atoms with E-state index in [2.05, 4.69) is 0 Å². The summed E-state index contributed by atoms with van der Waals surface area (Å²) < 4.78 is 3.92. The monoisotopic (exact) mass is 482 g/mol. The summed E-state index contributed by atoms with van der Waals surface area (Å²) in [4.78, 5) is 44.6. The van der Waals surface area contributed by atoms with Crippen molar-refractivity contribution in [1.82, 2.24) is 4.90 Å². The quantitative estimate of drug-likeness (QED) is 0.526. The number of aliphatic hydroxyl groups is 1. The molecule has 0 bridgehead atoms. The number of para-hydroxylation sites is 1. The van der Waals surface area contributed by atoms with Crippen LogP contribution in [0.25, 0.3) is 0 Å². The normalized spacial score (nSPS) is 34.8. The van der Waals surface area contributed by atoms with Gasteiger partial charge in [-0.25, -0.2) is 0 Å². The van der Waals surface area contributed by atoms with E-state index in [0.29, 0.717) is 13.0 Å². The molecule has 2 saturated heterocycles. The molecule has 0 saturated carbocycles. The number of hydrogen-bond acceptors (Lipinski definition) is 6. The summed E-state index contributed by atoms with van der Waals surface area (Å²) in [6.07, 6.45) is 8.57. The Bertz CT molecular complexity index is 1100. The molecule has 8 heteroatoms. The number of nitrogens with zero attached hydrogens (tertiary/aromatic N) is 2. The molecule has 7 nitrogen and oxygen atoms in total. The Morgan fingerprint density at radius 2 is 1.82 bits per heavy atom. The van der Waals surface area contributed by atoms with E-state index in [1.807, 2.05) is 63.3 Å². The molecular weight excluding hydrogens is 452 g/mol. The van der Waals surface area contributed by atoms with Crippen LogP contribution in [0.4, 0.5) is 5.69 Å². The first-order chi connectivity index (χ1) is 16.2. The van der Waals surface area contributed by atoms with E-state index in [4.69, 9.17) is 4.74 Å². The molecule has 180 valence electrons. The highest BCUT2D eigenvalue weighted by molar-refractivity contribution is 8.02. The number of anilines is 1. The minimum atomic E-state index is -0.929. The number of benzene rings is 1. The summed E-state index contributed by atoms with van der Waals surface area (Å²) in [5, 5.41) is 9.79. The first-order valence-electron chi connectivity index (χ1n) is 11.8. The molecule has 1 unspecified atom stereocenters. The van der Waals surface area contributed by atoms with Gasteiger partial charge in [-0.15, -0.1) is 11.8 Å². The molecule has 4 aliphatic heterocycles. The van der Waals surface area contributed by atoms with Gasteiger partial charge in [0.25, 0.3) is 5.91 Å². The van der Waals surface area contributed by atoms with Crippen molar-refractivity contribution in [3.05, 3.63) is 53.6 Å². The number of ether oxygens (including phenoxy) is 1. The number of likely N-dealkylation sites (tertiary alicyclic amines) is 1. The van der Waals surface area contributed by atoms with Gasteiger partial charge in [-0.3, -0.25) is 14.4 Å². The van der Waals surface area contributed by atoms with Crippen LogP contribution in [0.5, 0.6) is 0 Å². The van der Waals surface area contributed by atoms with E-state index in [1.54, 1.807) is 4.90 Å². The van der Waals surface area contributed by atoms with Gasteiger partial charge in [0.2, 0.25) is 5.91 Å². The number of hydrogen-bond donors (Lipinski definition) is 1. The molecule has 4 heterocycles. The summed E-state index contributed by atoms with van der Waals surface area (Å²) in [5.74, 6) is -2.30. The smallest absolute Gasteiger partial charge is 0.311 e. The topological polar surface area (TPSA) is 87.2 Å². The highest BCUT2D eigenvalue weighted by atomic mass is 32.2. The summed E-state index contributed by atoms with van der Waals surface area (Å²) in [7, 11) is 0. The van der Waals surface area contributed by atoms with Crippen LogP contribution >= 0.6 is 11.8 Å². The number of amides is 2. The van der Waals surface area contributed by atoms with E-state index in [1.165, 1.54) is 16.7 Å². The van der Waals surface area contributed by atoms with Gasteiger partial charge in [-0.1, -0.05) is 42.5 Å². The van der Waals surface area contributed by atoms with Crippen LogP contribution in [0.1, 0.15) is 24.5 Å². The zero-order valence-electron chi connectivity index (χ0n) is 19.7. The molecule has 5 atom stereocenters. The highest BCUT2D eigenvalue weighted by Gasteiger charge is 2.73. The van der Waals surface area contributed by atoms with Crippen LogP contribution in [0.3, 0.4) is 0 Å². The maximum Gasteiger partial charge on any atom is 0.311 e. The van der Waals surface area contributed by atoms with Crippen LogP contribution < -0.4 is 4.90 Å². The lowest BCUT2D eigenvalue weighted by Gasteiger charge is -2.37. The highest BCUT2D eigenvalue weighted by Crippen LogP contribution is 2.65. The van der Waals surface area contributed by atoms with Gasteiger partial charge in [0.1, 0.15) is 6.04 Å². The van der Waals surface area contributed by atoms with Crippen LogP contribution in [0, 0.1) is 25.7 Å². The summed E-state index contributed by atoms with van der Waals surface area (Å²) in [6.45, 7) is 6.34. The molecule has 1 aromatic carbocycles. The third kappa shape index (κ3) is 3.18. The van der Waals surface area contributed by atoms with Crippen LogP contribution in [-0.4, -0.2) is 69.6 Å². The van der Waals surface area contributed by atoms with Gasteiger partial charge in [0.05, 0.1) is 29.8 Å². The van der Waals surface area contributed by atoms with Crippen molar-refractivity contribution in [1.29, 1.82) is 0 Å². The molecule has 2 fully saturated rings. The lowest BCUT2D eigenvalue weighted by molar-refractivity contribution is -0.154. The third-order valence-corrected chi connectivity index (χ3v) is 9.37. The predicted molar refractivity (Wildman–Crippen MR) is 130 cm³/mol. The maximum absolute atomic E-state index is 14.3. The number of thioether (sulfide) groups is 1. The van der Waals surface area contributed by atoms with Gasteiger partial charge in [-0.2, -0.15) is 0 Å². The number of rotatable bonds is 3. The molecule has 1 aromatic rings. The second-order valence-electron chi connectivity index (χ2n) is 9.70. The van der Waals surface area contributed by atoms with Gasteiger partial charge in [-0.05, 0) is 38.3 Å². The fraction of sp³-hybridized carbons (Fsp3) is 0.500. The van der Waals surface area contributed by atoms with Crippen molar-refractivity contribution >= 4 is 35.2 Å². The summed E-state index contributed by atoms with van der Waals surface area (Å²) >= 11 is 1.52. The Morgan fingerprint density at radius 3 is 2.53 bits per heavy atom. The number of esters is 1. The maximum atomic E-state index is 14.3. The second kappa shape index (κ2) is 8.27. The Labute approximate surface area is 203 Å². The summed E-state index contributed by atoms with van der Waals surface area (Å²) in [5.41, 5.74) is 2.80. The molecular formula is C26H30N2O5S. The van der Waals surface area contributed by atoms with E-state index in [9.17, 15) is 19.5 Å². The minimum absolute atomic E-state index is 0.0385. The zero-order chi connectivity index (χ0) is 24.3. The van der Waals surface area contributed by atoms with Crippen molar-refractivity contribution in [2.24, 2.45) is 11.8 Å². The van der Waals surface area contributed by atoms with Crippen molar-refractivity contribution in [2.45, 2.75) is 42.7 Å². The molecule has 5 rings (SSSR count). The lowest BCUT2D eigenvalue weighted by atomic mass is 9.74. The van der Waals surface area contributed by atoms with Crippen LogP contribution in [0.2, 0.25) is 0 Å². The molecule has 0 aromatic heterocycles. The molecule has 4 aliphatic rings. The van der Waals surface area contributed by atoms with Crippen molar-refractivity contribution < 1.29 is 24.2 Å². The standard InChI is InChI=1S/C26H30N2O5S/c1-16-8-6-9-17(2)20(16)27-12-7-11-26-18(22(30)28(13-14-29)21(26)23(27)31)19-24(32)33-15-5-4-10-25(19,3)34-26/h4,6-11,18-19,21,29H,5,12-15H2,1-3H3/t18-,19-,21?,25+,26-/m0/s1. The van der Waals surface area contributed by atoms with E-state index in [0.717, 1.165) is 16.8 Å². The minimum Gasteiger partial charge on any atom is -0.465 e. The van der Waals surface area contributed by atoms with Crippen molar-refractivity contribution in [3.63, 3.8) is 0 Å². The van der Waals surface area contributed by atoms with Gasteiger partial charge in [0, 0.05) is 23.5 Å². The van der Waals surface area contributed by atoms with E-state index in [-0.39, 0.29) is 31.6 Å². The molecule has 2 amide bonds. The van der Waals surface area contributed by atoms with Gasteiger partial charge < -0.3 is 19.6 Å². The number of carbonyl (C=O) groups excluding carboxylic acids is 3. The SMILES string of the molecule is Cc1cccc(C)c1N1CC=C[C@]23S[C@]4(C)C=CCCOC(=O)[C@@H]4[C@H]2C(=O)N(CCO)C3C1=O. The van der Waals surface area contributed by atoms with Crippen molar-refractivity contribution in [3.8, 4) is 0 Å². The number of carbonyl (C=O) groups is 3. The van der Waals surface area contributed by atoms with Gasteiger partial charge in [0.15, 0.2) is 0 Å². The Kier molecular flexibility index (Phi) is 5.64. The average Bonchev–Trinajstić information content (AvgIpc) is 3.09. The fourth-order valence-corrected chi connectivity index (χ4v) is 8.42.